The van der Waals surface area contributed by atoms with Crippen molar-refractivity contribution in [3.63, 3.8) is 0 Å². The zero-order valence-electron chi connectivity index (χ0n) is 13.5. The van der Waals surface area contributed by atoms with Gasteiger partial charge in [-0.25, -0.2) is 8.42 Å². The van der Waals surface area contributed by atoms with Gasteiger partial charge in [0.1, 0.15) is 0 Å². The number of hydrogen-bond donors (Lipinski definition) is 1. The molecule has 1 amide bonds. The molecule has 2 aromatic rings. The van der Waals surface area contributed by atoms with E-state index in [0.29, 0.717) is 11.1 Å². The van der Waals surface area contributed by atoms with Gasteiger partial charge in [-0.05, 0) is 42.3 Å². The topological polar surface area (TPSA) is 63.2 Å². The Labute approximate surface area is 143 Å². The third-order valence-corrected chi connectivity index (χ3v) is 4.73. The Morgan fingerprint density at radius 2 is 1.68 bits per heavy atom. The average molecular weight is 371 g/mol. The smallest absolute Gasteiger partial charge is 0.348 e. The largest absolute Gasteiger partial charge is 0.416 e. The first-order valence-corrected chi connectivity index (χ1v) is 9.12. The Hall–Kier alpha value is -2.35. The van der Waals surface area contributed by atoms with Crippen LogP contribution in [0.15, 0.2) is 47.4 Å². The van der Waals surface area contributed by atoms with Crippen LogP contribution in [0.3, 0.4) is 0 Å². The van der Waals surface area contributed by atoms with Crippen LogP contribution in [0.2, 0.25) is 0 Å². The van der Waals surface area contributed by atoms with Gasteiger partial charge >= 0.3 is 6.18 Å². The van der Waals surface area contributed by atoms with E-state index in [0.717, 1.165) is 18.4 Å². The molecular weight excluding hydrogens is 355 g/mol. The Morgan fingerprint density at radius 1 is 1.08 bits per heavy atom. The summed E-state index contributed by atoms with van der Waals surface area (Å²) in [6.07, 6.45) is -3.37. The Bertz CT molecular complexity index is 888. The van der Waals surface area contributed by atoms with Crippen LogP contribution in [-0.4, -0.2) is 20.6 Å². The zero-order chi connectivity index (χ0) is 18.8. The lowest BCUT2D eigenvalue weighted by molar-refractivity contribution is -0.137. The van der Waals surface area contributed by atoms with Crippen LogP contribution >= 0.6 is 0 Å². The molecule has 134 valence electrons. The summed E-state index contributed by atoms with van der Waals surface area (Å²) in [6.45, 7) is 1.69. The fourth-order valence-electron chi connectivity index (χ4n) is 2.17. The maximum Gasteiger partial charge on any atom is 0.416 e. The normalized spacial score (nSPS) is 12.0. The predicted octanol–water partition coefficient (Wildman–Crippen LogP) is 3.35. The molecule has 0 aliphatic rings. The van der Waals surface area contributed by atoms with Crippen LogP contribution in [0, 0.1) is 6.92 Å². The summed E-state index contributed by atoms with van der Waals surface area (Å²) in [6, 6.07) is 8.67. The number of nitrogens with one attached hydrogen (secondary N) is 1. The minimum absolute atomic E-state index is 0.0257. The minimum atomic E-state index is -4.41. The lowest BCUT2D eigenvalue weighted by Crippen LogP contribution is -2.24. The van der Waals surface area contributed by atoms with E-state index in [-0.39, 0.29) is 17.0 Å². The standard InChI is InChI=1S/C17H16F3NO3S/c1-11-3-8-14(25(2,23)24)9-15(11)16(22)21-10-12-4-6-13(7-5-12)17(18,19)20/h3-9H,10H2,1-2H3,(H,21,22). The molecular formula is C17H16F3NO3S. The summed E-state index contributed by atoms with van der Waals surface area (Å²) in [5.41, 5.74) is 0.532. The fraction of sp³-hybridized carbons (Fsp3) is 0.235. The first-order chi connectivity index (χ1) is 11.5. The molecule has 2 rings (SSSR count). The van der Waals surface area contributed by atoms with Gasteiger partial charge in [0, 0.05) is 18.4 Å². The summed E-state index contributed by atoms with van der Waals surface area (Å²) in [5, 5.41) is 2.58. The van der Waals surface area contributed by atoms with Gasteiger partial charge in [-0.1, -0.05) is 18.2 Å². The van der Waals surface area contributed by atoms with Crippen molar-refractivity contribution in [3.05, 3.63) is 64.7 Å². The molecule has 0 bridgehead atoms. The maximum absolute atomic E-state index is 12.5. The molecule has 2 aromatic carbocycles. The predicted molar refractivity (Wildman–Crippen MR) is 86.9 cm³/mol. The lowest BCUT2D eigenvalue weighted by atomic mass is 10.1. The molecule has 0 atom stereocenters. The van der Waals surface area contributed by atoms with Crippen LogP contribution in [0.4, 0.5) is 13.2 Å². The Kier molecular flexibility index (Phi) is 5.22. The number of benzene rings is 2. The van der Waals surface area contributed by atoms with E-state index < -0.39 is 27.5 Å². The third kappa shape index (κ3) is 4.82. The molecule has 0 aliphatic carbocycles. The fourth-order valence-corrected chi connectivity index (χ4v) is 2.81. The van der Waals surface area contributed by atoms with E-state index in [1.807, 2.05) is 0 Å². The van der Waals surface area contributed by atoms with E-state index >= 15 is 0 Å². The molecule has 0 heterocycles. The van der Waals surface area contributed by atoms with Crippen molar-refractivity contribution < 1.29 is 26.4 Å². The number of alkyl halides is 3. The van der Waals surface area contributed by atoms with Crippen LogP contribution in [-0.2, 0) is 22.6 Å². The molecule has 1 N–H and O–H groups in total. The zero-order valence-corrected chi connectivity index (χ0v) is 14.3. The molecule has 25 heavy (non-hydrogen) atoms. The van der Waals surface area contributed by atoms with Crippen molar-refractivity contribution >= 4 is 15.7 Å². The summed E-state index contributed by atoms with van der Waals surface area (Å²) in [7, 11) is -3.45. The second-order valence-electron chi connectivity index (χ2n) is 5.63. The SMILES string of the molecule is Cc1ccc(S(C)(=O)=O)cc1C(=O)NCc1ccc(C(F)(F)F)cc1. The number of hydrogen-bond acceptors (Lipinski definition) is 3. The highest BCUT2D eigenvalue weighted by Crippen LogP contribution is 2.29. The average Bonchev–Trinajstić information content (AvgIpc) is 2.51. The van der Waals surface area contributed by atoms with E-state index in [1.54, 1.807) is 6.92 Å². The van der Waals surface area contributed by atoms with Gasteiger partial charge in [0.2, 0.25) is 0 Å². The summed E-state index contributed by atoms with van der Waals surface area (Å²) < 4.78 is 60.7. The molecule has 8 heteroatoms. The number of halogens is 3. The quantitative estimate of drug-likeness (QED) is 0.897. The van der Waals surface area contributed by atoms with Crippen molar-refractivity contribution in [2.24, 2.45) is 0 Å². The van der Waals surface area contributed by atoms with Crippen molar-refractivity contribution in [3.8, 4) is 0 Å². The van der Waals surface area contributed by atoms with Crippen molar-refractivity contribution in [1.82, 2.24) is 5.32 Å². The molecule has 4 nitrogen and oxygen atoms in total. The molecule has 0 aromatic heterocycles. The molecule has 0 radical (unpaired) electrons. The highest BCUT2D eigenvalue weighted by Gasteiger charge is 2.29. The Morgan fingerprint density at radius 3 is 2.20 bits per heavy atom. The number of rotatable bonds is 4. The van der Waals surface area contributed by atoms with E-state index in [9.17, 15) is 26.4 Å². The van der Waals surface area contributed by atoms with Gasteiger partial charge in [0.05, 0.1) is 10.5 Å². The molecule has 0 aliphatic heterocycles. The third-order valence-electron chi connectivity index (χ3n) is 3.62. The van der Waals surface area contributed by atoms with Gasteiger partial charge in [-0.15, -0.1) is 0 Å². The van der Waals surface area contributed by atoms with Gasteiger partial charge in [0.15, 0.2) is 9.84 Å². The maximum atomic E-state index is 12.5. The number of aryl methyl sites for hydroxylation is 1. The molecule has 0 spiro atoms. The molecule has 0 unspecified atom stereocenters. The Balaban J connectivity index is 2.13. The van der Waals surface area contributed by atoms with E-state index in [4.69, 9.17) is 0 Å². The molecule has 0 saturated carbocycles. The number of amides is 1. The van der Waals surface area contributed by atoms with Crippen LogP contribution in [0.1, 0.15) is 27.0 Å². The second-order valence-corrected chi connectivity index (χ2v) is 7.64. The number of carbonyl (C=O) groups is 1. The second kappa shape index (κ2) is 6.87. The summed E-state index contributed by atoms with van der Waals surface area (Å²) in [4.78, 5) is 12.3. The minimum Gasteiger partial charge on any atom is -0.348 e. The number of carbonyl (C=O) groups excluding carboxylic acids is 1. The van der Waals surface area contributed by atoms with E-state index in [1.165, 1.54) is 30.3 Å². The molecule has 0 fully saturated rings. The van der Waals surface area contributed by atoms with Crippen molar-refractivity contribution in [2.45, 2.75) is 24.5 Å². The van der Waals surface area contributed by atoms with Crippen molar-refractivity contribution in [1.29, 1.82) is 0 Å². The summed E-state index contributed by atoms with van der Waals surface area (Å²) >= 11 is 0. The first-order valence-electron chi connectivity index (χ1n) is 7.23. The van der Waals surface area contributed by atoms with E-state index in [2.05, 4.69) is 5.32 Å². The van der Waals surface area contributed by atoms with Gasteiger partial charge in [-0.3, -0.25) is 4.79 Å². The lowest BCUT2D eigenvalue weighted by Gasteiger charge is -2.10. The van der Waals surface area contributed by atoms with Gasteiger partial charge in [0.25, 0.3) is 5.91 Å². The summed E-state index contributed by atoms with van der Waals surface area (Å²) in [5.74, 6) is -0.497. The first kappa shape index (κ1) is 19.0. The monoisotopic (exact) mass is 371 g/mol. The van der Waals surface area contributed by atoms with Crippen LogP contribution in [0.25, 0.3) is 0 Å². The van der Waals surface area contributed by atoms with Gasteiger partial charge < -0.3 is 5.32 Å². The molecule has 0 saturated heterocycles. The van der Waals surface area contributed by atoms with Crippen molar-refractivity contribution in [2.75, 3.05) is 6.26 Å². The van der Waals surface area contributed by atoms with Gasteiger partial charge in [-0.2, -0.15) is 13.2 Å². The van der Waals surface area contributed by atoms with Crippen LogP contribution < -0.4 is 5.32 Å². The highest BCUT2D eigenvalue weighted by molar-refractivity contribution is 7.90. The number of sulfone groups is 1. The highest BCUT2D eigenvalue weighted by atomic mass is 32.2. The van der Waals surface area contributed by atoms with Crippen LogP contribution in [0.5, 0.6) is 0 Å².